The Kier molecular flexibility index (Phi) is 6.35. The van der Waals surface area contributed by atoms with Gasteiger partial charge in [0.2, 0.25) is 0 Å². The highest BCUT2D eigenvalue weighted by Gasteiger charge is 2.23. The average molecular weight is 433 g/mol. The van der Waals surface area contributed by atoms with E-state index in [2.05, 4.69) is 10.4 Å². The first-order chi connectivity index (χ1) is 15.5. The summed E-state index contributed by atoms with van der Waals surface area (Å²) >= 11 is 0. The zero-order chi connectivity index (χ0) is 22.7. The molecule has 2 aromatic carbocycles. The van der Waals surface area contributed by atoms with Crippen molar-refractivity contribution in [2.75, 3.05) is 18.4 Å². The van der Waals surface area contributed by atoms with Crippen LogP contribution in [0.3, 0.4) is 0 Å². The second-order valence-corrected chi connectivity index (χ2v) is 8.63. The van der Waals surface area contributed by atoms with Gasteiger partial charge in [0.1, 0.15) is 0 Å². The maximum atomic E-state index is 13.3. The number of aromatic nitrogens is 2. The Labute approximate surface area is 187 Å². The lowest BCUT2D eigenvalue weighted by Gasteiger charge is -2.27. The van der Waals surface area contributed by atoms with Gasteiger partial charge in [-0.3, -0.25) is 14.4 Å². The number of nitrogens with zero attached hydrogens (tertiary/aromatic N) is 3. The van der Waals surface area contributed by atoms with Gasteiger partial charge in [0.25, 0.3) is 17.4 Å². The van der Waals surface area contributed by atoms with Crippen LogP contribution in [0, 0.1) is 5.92 Å². The summed E-state index contributed by atoms with van der Waals surface area (Å²) in [7, 11) is 0. The normalized spacial score (nSPS) is 14.0. The number of para-hydroxylation sites is 1. The van der Waals surface area contributed by atoms with Crippen LogP contribution < -0.4 is 10.9 Å². The lowest BCUT2D eigenvalue weighted by molar-refractivity contribution is 0.0725. The van der Waals surface area contributed by atoms with Crippen molar-refractivity contribution in [3.63, 3.8) is 0 Å². The van der Waals surface area contributed by atoms with Crippen LogP contribution in [-0.4, -0.2) is 39.6 Å². The Morgan fingerprint density at radius 3 is 2.34 bits per heavy atom. The maximum Gasteiger partial charge on any atom is 0.276 e. The summed E-state index contributed by atoms with van der Waals surface area (Å²) in [5.41, 5.74) is 0.857. The van der Waals surface area contributed by atoms with E-state index in [4.69, 9.17) is 0 Å². The molecule has 0 spiro atoms. The Morgan fingerprint density at radius 1 is 0.969 bits per heavy atom. The number of piperidine rings is 1. The van der Waals surface area contributed by atoms with Crippen LogP contribution in [0.2, 0.25) is 0 Å². The molecule has 1 aromatic heterocycles. The third-order valence-electron chi connectivity index (χ3n) is 5.67. The highest BCUT2D eigenvalue weighted by Crippen LogP contribution is 2.22. The molecule has 0 radical (unpaired) electrons. The number of benzene rings is 2. The van der Waals surface area contributed by atoms with Crippen LogP contribution in [0.4, 0.5) is 5.69 Å². The molecule has 4 rings (SSSR count). The molecule has 3 aromatic rings. The standard InChI is InChI=1S/C25H28N4O3/c1-17(2)16-29-25(32)19-11-5-4-10-18(19)22(27-29)23(30)26-21-13-7-6-12-20(21)24(31)28-14-8-3-9-15-28/h4-7,10-13,17H,3,8-9,14-16H2,1-2H3,(H,26,30). The van der Waals surface area contributed by atoms with Gasteiger partial charge in [-0.2, -0.15) is 5.10 Å². The number of likely N-dealkylation sites (tertiary alicyclic amines) is 1. The van der Waals surface area contributed by atoms with E-state index in [1.165, 1.54) is 4.68 Å². The quantitative estimate of drug-likeness (QED) is 0.662. The van der Waals surface area contributed by atoms with Gasteiger partial charge in [0.05, 0.1) is 16.6 Å². The van der Waals surface area contributed by atoms with Crippen LogP contribution in [0.1, 0.15) is 54.0 Å². The number of fused-ring (bicyclic) bond motifs is 1. The van der Waals surface area contributed by atoms with E-state index in [-0.39, 0.29) is 23.1 Å². The smallest absolute Gasteiger partial charge is 0.276 e. The van der Waals surface area contributed by atoms with Gasteiger partial charge in [0, 0.05) is 25.0 Å². The number of amides is 2. The van der Waals surface area contributed by atoms with Crippen molar-refractivity contribution in [1.82, 2.24) is 14.7 Å². The molecule has 0 aliphatic carbocycles. The molecular formula is C25H28N4O3. The molecular weight excluding hydrogens is 404 g/mol. The number of nitrogens with one attached hydrogen (secondary N) is 1. The van der Waals surface area contributed by atoms with Gasteiger partial charge < -0.3 is 10.2 Å². The van der Waals surface area contributed by atoms with Crippen LogP contribution in [0.5, 0.6) is 0 Å². The van der Waals surface area contributed by atoms with E-state index in [0.717, 1.165) is 32.4 Å². The third-order valence-corrected chi connectivity index (χ3v) is 5.67. The number of anilines is 1. The fourth-order valence-corrected chi connectivity index (χ4v) is 4.10. The number of carbonyl (C=O) groups is 2. The van der Waals surface area contributed by atoms with E-state index in [1.807, 2.05) is 18.7 Å². The topological polar surface area (TPSA) is 84.3 Å². The second-order valence-electron chi connectivity index (χ2n) is 8.63. The molecule has 1 N–H and O–H groups in total. The lowest BCUT2D eigenvalue weighted by atomic mass is 10.1. The molecule has 0 atom stereocenters. The highest BCUT2D eigenvalue weighted by atomic mass is 16.2. The van der Waals surface area contributed by atoms with E-state index in [9.17, 15) is 14.4 Å². The van der Waals surface area contributed by atoms with E-state index in [1.54, 1.807) is 48.5 Å². The van der Waals surface area contributed by atoms with Gasteiger partial charge in [0.15, 0.2) is 5.69 Å². The van der Waals surface area contributed by atoms with Crippen molar-refractivity contribution in [3.8, 4) is 0 Å². The fourth-order valence-electron chi connectivity index (χ4n) is 4.10. The highest BCUT2D eigenvalue weighted by molar-refractivity contribution is 6.13. The van der Waals surface area contributed by atoms with Crippen molar-refractivity contribution in [3.05, 3.63) is 70.1 Å². The first kappa shape index (κ1) is 21.7. The van der Waals surface area contributed by atoms with Crippen molar-refractivity contribution in [2.45, 2.75) is 39.7 Å². The minimum absolute atomic E-state index is 0.0804. The van der Waals surface area contributed by atoms with Gasteiger partial charge in [-0.05, 0) is 43.4 Å². The molecule has 1 aliphatic rings. The van der Waals surface area contributed by atoms with Gasteiger partial charge in [-0.15, -0.1) is 0 Å². The van der Waals surface area contributed by atoms with E-state index >= 15 is 0 Å². The summed E-state index contributed by atoms with van der Waals surface area (Å²) in [4.78, 5) is 41.1. The van der Waals surface area contributed by atoms with E-state index < -0.39 is 5.91 Å². The van der Waals surface area contributed by atoms with Crippen LogP contribution in [0.25, 0.3) is 10.8 Å². The summed E-state index contributed by atoms with van der Waals surface area (Å²) in [6.07, 6.45) is 3.12. The Hall–Kier alpha value is -3.48. The molecule has 166 valence electrons. The van der Waals surface area contributed by atoms with Gasteiger partial charge >= 0.3 is 0 Å². The number of carbonyl (C=O) groups excluding carboxylic acids is 2. The molecule has 0 saturated carbocycles. The molecule has 7 nitrogen and oxygen atoms in total. The van der Waals surface area contributed by atoms with Crippen molar-refractivity contribution in [2.24, 2.45) is 5.92 Å². The predicted molar refractivity (Wildman–Crippen MR) is 125 cm³/mol. The molecule has 1 fully saturated rings. The number of rotatable bonds is 5. The summed E-state index contributed by atoms with van der Waals surface area (Å²) in [5, 5.41) is 8.22. The second kappa shape index (κ2) is 9.34. The summed E-state index contributed by atoms with van der Waals surface area (Å²) in [5.74, 6) is -0.332. The van der Waals surface area contributed by atoms with Gasteiger partial charge in [-0.25, -0.2) is 4.68 Å². The Morgan fingerprint density at radius 2 is 1.62 bits per heavy atom. The fraction of sp³-hybridized carbons (Fsp3) is 0.360. The molecule has 32 heavy (non-hydrogen) atoms. The van der Waals surface area contributed by atoms with Crippen LogP contribution in [0.15, 0.2) is 53.3 Å². The number of hydrogen-bond donors (Lipinski definition) is 1. The van der Waals surface area contributed by atoms with Crippen LogP contribution >= 0.6 is 0 Å². The first-order valence-electron chi connectivity index (χ1n) is 11.1. The Balaban J connectivity index is 1.70. The first-order valence-corrected chi connectivity index (χ1v) is 11.1. The zero-order valence-corrected chi connectivity index (χ0v) is 18.5. The van der Waals surface area contributed by atoms with Gasteiger partial charge in [-0.1, -0.05) is 44.2 Å². The van der Waals surface area contributed by atoms with Crippen molar-refractivity contribution < 1.29 is 9.59 Å². The molecule has 1 aliphatic heterocycles. The number of hydrogen-bond acceptors (Lipinski definition) is 4. The minimum atomic E-state index is -0.447. The predicted octanol–water partition coefficient (Wildman–Crippen LogP) is 3.93. The summed E-state index contributed by atoms with van der Waals surface area (Å²) < 4.78 is 1.35. The molecule has 0 bridgehead atoms. The maximum absolute atomic E-state index is 13.3. The molecule has 1 saturated heterocycles. The molecule has 2 heterocycles. The molecule has 0 unspecified atom stereocenters. The molecule has 7 heteroatoms. The Bertz CT molecular complexity index is 1210. The van der Waals surface area contributed by atoms with Crippen molar-refractivity contribution >= 4 is 28.3 Å². The lowest BCUT2D eigenvalue weighted by Crippen LogP contribution is -2.36. The zero-order valence-electron chi connectivity index (χ0n) is 18.5. The van der Waals surface area contributed by atoms with E-state index in [0.29, 0.717) is 28.6 Å². The third kappa shape index (κ3) is 4.42. The monoisotopic (exact) mass is 432 g/mol. The summed E-state index contributed by atoms with van der Waals surface area (Å²) in [6.45, 7) is 5.85. The average Bonchev–Trinajstić information content (AvgIpc) is 2.81. The summed E-state index contributed by atoms with van der Waals surface area (Å²) in [6, 6.07) is 14.0. The minimum Gasteiger partial charge on any atom is -0.339 e. The SMILES string of the molecule is CC(C)Cn1nc(C(=O)Nc2ccccc2C(=O)N2CCCCC2)c2ccccc2c1=O. The van der Waals surface area contributed by atoms with Crippen LogP contribution in [-0.2, 0) is 6.54 Å². The molecule has 2 amide bonds. The largest absolute Gasteiger partial charge is 0.339 e. The van der Waals surface area contributed by atoms with Crippen molar-refractivity contribution in [1.29, 1.82) is 0 Å².